The molecular formula is C6H10N4O3. The lowest BCUT2D eigenvalue weighted by molar-refractivity contribution is -0.134. The Morgan fingerprint density at radius 1 is 1.54 bits per heavy atom. The summed E-state index contributed by atoms with van der Waals surface area (Å²) in [6.07, 6.45) is 0.527. The zero-order valence-electron chi connectivity index (χ0n) is 6.79. The van der Waals surface area contributed by atoms with Gasteiger partial charge in [-0.05, 0) is 6.42 Å². The smallest absolute Gasteiger partial charge is 0.325 e. The van der Waals surface area contributed by atoms with Crippen LogP contribution in [0.1, 0.15) is 12.8 Å². The summed E-state index contributed by atoms with van der Waals surface area (Å²) in [6.45, 7) is 0. The van der Waals surface area contributed by atoms with Crippen molar-refractivity contribution in [2.45, 2.75) is 18.9 Å². The van der Waals surface area contributed by atoms with Gasteiger partial charge in [0.05, 0.1) is 0 Å². The quantitative estimate of drug-likeness (QED) is 0.163. The molecule has 0 aromatic heterocycles. The van der Waals surface area contributed by atoms with Crippen LogP contribution in [0.25, 0.3) is 0 Å². The molecule has 0 aromatic rings. The fraction of sp³-hybridized carbons (Fsp3) is 0.500. The van der Waals surface area contributed by atoms with Crippen molar-refractivity contribution in [3.05, 3.63) is 0 Å². The summed E-state index contributed by atoms with van der Waals surface area (Å²) in [6, 6.07) is -1.32. The van der Waals surface area contributed by atoms with Gasteiger partial charge in [-0.3, -0.25) is 20.3 Å². The highest BCUT2D eigenvalue weighted by Crippen LogP contribution is 2.03. The predicted octanol–water partition coefficient (Wildman–Crippen LogP) is -2.04. The Morgan fingerprint density at radius 2 is 2.23 bits per heavy atom. The van der Waals surface area contributed by atoms with Crippen molar-refractivity contribution >= 4 is 17.8 Å². The average Bonchev–Trinajstić information content (AvgIpc) is 2.09. The van der Waals surface area contributed by atoms with Gasteiger partial charge in [-0.15, -0.1) is 0 Å². The summed E-state index contributed by atoms with van der Waals surface area (Å²) in [5.41, 5.74) is 1.83. The number of carbonyl (C=O) groups excluding carboxylic acids is 3. The van der Waals surface area contributed by atoms with Gasteiger partial charge in [0, 0.05) is 6.42 Å². The third-order valence-electron chi connectivity index (χ3n) is 1.68. The predicted molar refractivity (Wildman–Crippen MR) is 42.0 cm³/mol. The lowest BCUT2D eigenvalue weighted by Gasteiger charge is -2.21. The van der Waals surface area contributed by atoms with Gasteiger partial charge in [-0.1, -0.05) is 0 Å². The van der Waals surface area contributed by atoms with Gasteiger partial charge in [0.25, 0.3) is 0 Å². The second kappa shape index (κ2) is 3.85. The SMILES string of the molecule is NNC(=O)NC1CCC(=O)NC1=O. The largest absolute Gasteiger partial charge is 0.329 e. The van der Waals surface area contributed by atoms with Crippen LogP contribution in [0.15, 0.2) is 0 Å². The number of hydrazine groups is 1. The summed E-state index contributed by atoms with van der Waals surface area (Å²) in [5, 5.41) is 4.40. The highest BCUT2D eigenvalue weighted by atomic mass is 16.2. The van der Waals surface area contributed by atoms with Crippen LogP contribution < -0.4 is 21.9 Å². The Hall–Kier alpha value is -1.63. The number of hydrogen-bond acceptors (Lipinski definition) is 4. The molecule has 0 aliphatic carbocycles. The van der Waals surface area contributed by atoms with Crippen molar-refractivity contribution in [1.29, 1.82) is 0 Å². The molecule has 1 heterocycles. The zero-order valence-corrected chi connectivity index (χ0v) is 6.79. The van der Waals surface area contributed by atoms with E-state index in [1.165, 1.54) is 0 Å². The molecule has 4 amide bonds. The molecule has 1 saturated heterocycles. The molecule has 1 aliphatic rings. The molecule has 13 heavy (non-hydrogen) atoms. The molecule has 1 rings (SSSR count). The first kappa shape index (κ1) is 9.46. The maximum absolute atomic E-state index is 11.0. The number of imide groups is 1. The van der Waals surface area contributed by atoms with E-state index < -0.39 is 18.0 Å². The van der Waals surface area contributed by atoms with Gasteiger partial charge >= 0.3 is 6.03 Å². The second-order valence-corrected chi connectivity index (χ2v) is 2.62. The maximum atomic E-state index is 11.0. The third kappa shape index (κ3) is 2.41. The van der Waals surface area contributed by atoms with E-state index in [0.29, 0.717) is 6.42 Å². The summed E-state index contributed by atoms with van der Waals surface area (Å²) >= 11 is 0. The maximum Gasteiger partial charge on any atom is 0.329 e. The van der Waals surface area contributed by atoms with Crippen LogP contribution in [-0.4, -0.2) is 23.9 Å². The monoisotopic (exact) mass is 186 g/mol. The van der Waals surface area contributed by atoms with Crippen molar-refractivity contribution in [3.63, 3.8) is 0 Å². The van der Waals surface area contributed by atoms with E-state index in [1.54, 1.807) is 0 Å². The lowest BCUT2D eigenvalue weighted by atomic mass is 10.1. The molecule has 1 fully saturated rings. The van der Waals surface area contributed by atoms with Gasteiger partial charge in [0.2, 0.25) is 11.8 Å². The van der Waals surface area contributed by atoms with Crippen molar-refractivity contribution < 1.29 is 14.4 Å². The van der Waals surface area contributed by atoms with Crippen LogP contribution in [0.3, 0.4) is 0 Å². The number of carbonyl (C=O) groups is 3. The van der Waals surface area contributed by atoms with Crippen LogP contribution in [-0.2, 0) is 9.59 Å². The Kier molecular flexibility index (Phi) is 2.80. The molecule has 1 aliphatic heterocycles. The number of rotatable bonds is 1. The van der Waals surface area contributed by atoms with Crippen molar-refractivity contribution in [3.8, 4) is 0 Å². The molecule has 0 saturated carbocycles. The minimum atomic E-state index is -0.679. The minimum Gasteiger partial charge on any atom is -0.325 e. The summed E-state index contributed by atoms with van der Waals surface area (Å²) in [4.78, 5) is 32.4. The lowest BCUT2D eigenvalue weighted by Crippen LogP contribution is -2.55. The Bertz CT molecular complexity index is 252. The Morgan fingerprint density at radius 3 is 2.77 bits per heavy atom. The van der Waals surface area contributed by atoms with Crippen molar-refractivity contribution in [1.82, 2.24) is 16.1 Å². The van der Waals surface area contributed by atoms with Crippen LogP contribution in [0.5, 0.6) is 0 Å². The number of amides is 4. The topological polar surface area (TPSA) is 113 Å². The second-order valence-electron chi connectivity index (χ2n) is 2.62. The molecule has 7 heteroatoms. The van der Waals surface area contributed by atoms with Gasteiger partial charge in [0.15, 0.2) is 0 Å². The number of piperidine rings is 1. The normalized spacial score (nSPS) is 22.1. The van der Waals surface area contributed by atoms with E-state index in [9.17, 15) is 14.4 Å². The van der Waals surface area contributed by atoms with E-state index in [-0.39, 0.29) is 12.3 Å². The molecule has 72 valence electrons. The number of nitrogens with two attached hydrogens (primary N) is 1. The van der Waals surface area contributed by atoms with Gasteiger partial charge < -0.3 is 5.32 Å². The molecule has 0 bridgehead atoms. The zero-order chi connectivity index (χ0) is 9.84. The molecule has 0 aromatic carbocycles. The fourth-order valence-electron chi connectivity index (χ4n) is 1.03. The highest BCUT2D eigenvalue weighted by Gasteiger charge is 2.27. The number of hydrogen-bond donors (Lipinski definition) is 4. The molecule has 1 atom stereocenters. The number of nitrogens with one attached hydrogen (secondary N) is 3. The minimum absolute atomic E-state index is 0.223. The van der Waals surface area contributed by atoms with E-state index >= 15 is 0 Å². The fourth-order valence-corrected chi connectivity index (χ4v) is 1.03. The first-order chi connectivity index (χ1) is 6.13. The standard InChI is InChI=1S/C6H10N4O3/c7-10-6(13)8-3-1-2-4(11)9-5(3)12/h3H,1-2,7H2,(H2,8,10,13)(H,9,11,12). The van der Waals surface area contributed by atoms with E-state index in [4.69, 9.17) is 5.84 Å². The summed E-state index contributed by atoms with van der Waals surface area (Å²) in [7, 11) is 0. The Labute approximate surface area is 74.0 Å². The van der Waals surface area contributed by atoms with E-state index in [0.717, 1.165) is 0 Å². The molecular weight excluding hydrogens is 176 g/mol. The molecule has 1 unspecified atom stereocenters. The van der Waals surface area contributed by atoms with Gasteiger partial charge in [-0.25, -0.2) is 10.6 Å². The molecule has 0 spiro atoms. The molecule has 5 N–H and O–H groups in total. The summed E-state index contributed by atoms with van der Waals surface area (Å²) in [5.74, 6) is 3.98. The first-order valence-electron chi connectivity index (χ1n) is 3.74. The van der Waals surface area contributed by atoms with Crippen LogP contribution in [0, 0.1) is 0 Å². The molecule has 7 nitrogen and oxygen atoms in total. The van der Waals surface area contributed by atoms with Crippen molar-refractivity contribution in [2.75, 3.05) is 0 Å². The van der Waals surface area contributed by atoms with Crippen LogP contribution in [0.2, 0.25) is 0 Å². The van der Waals surface area contributed by atoms with Crippen LogP contribution >= 0.6 is 0 Å². The van der Waals surface area contributed by atoms with Gasteiger partial charge in [0.1, 0.15) is 6.04 Å². The average molecular weight is 186 g/mol. The number of urea groups is 1. The third-order valence-corrected chi connectivity index (χ3v) is 1.68. The first-order valence-corrected chi connectivity index (χ1v) is 3.74. The Balaban J connectivity index is 2.47. The van der Waals surface area contributed by atoms with Crippen molar-refractivity contribution in [2.24, 2.45) is 5.84 Å². The molecule has 0 radical (unpaired) electrons. The van der Waals surface area contributed by atoms with E-state index in [2.05, 4.69) is 10.6 Å². The van der Waals surface area contributed by atoms with Crippen LogP contribution in [0.4, 0.5) is 4.79 Å². The van der Waals surface area contributed by atoms with E-state index in [1.807, 2.05) is 5.43 Å². The highest BCUT2D eigenvalue weighted by molar-refractivity contribution is 6.01. The summed E-state index contributed by atoms with van der Waals surface area (Å²) < 4.78 is 0. The van der Waals surface area contributed by atoms with Gasteiger partial charge in [-0.2, -0.15) is 0 Å².